The quantitative estimate of drug-likeness (QED) is 0.467. The summed E-state index contributed by atoms with van der Waals surface area (Å²) in [6.07, 6.45) is 1.88. The minimum Gasteiger partial charge on any atom is -0.379 e. The summed E-state index contributed by atoms with van der Waals surface area (Å²) in [7, 11) is 0. The number of morpholine rings is 1. The second-order valence-corrected chi connectivity index (χ2v) is 10.7. The molecule has 2 saturated heterocycles. The lowest BCUT2D eigenvalue weighted by molar-refractivity contribution is 0.0364. The lowest BCUT2D eigenvalue weighted by Crippen LogP contribution is -2.40. The van der Waals surface area contributed by atoms with Gasteiger partial charge in [0.25, 0.3) is 0 Å². The number of halogens is 2. The third-order valence-corrected chi connectivity index (χ3v) is 8.42. The molecule has 3 heterocycles. The van der Waals surface area contributed by atoms with Crippen LogP contribution in [-0.2, 0) is 17.8 Å². The molecule has 0 bridgehead atoms. The molecule has 0 N–H and O–H groups in total. The number of likely N-dealkylation sites (tertiary alicyclic amines) is 1. The molecule has 2 aliphatic heterocycles. The molecule has 0 amide bonds. The molecule has 0 aliphatic carbocycles. The van der Waals surface area contributed by atoms with Gasteiger partial charge in [0.1, 0.15) is 0 Å². The van der Waals surface area contributed by atoms with Crippen LogP contribution in [-0.4, -0.2) is 64.9 Å². The summed E-state index contributed by atoms with van der Waals surface area (Å²) in [5.74, 6) is 0. The van der Waals surface area contributed by atoms with Gasteiger partial charge >= 0.3 is 5.69 Å². The van der Waals surface area contributed by atoms with Gasteiger partial charge in [0.05, 0.1) is 34.3 Å². The van der Waals surface area contributed by atoms with E-state index in [1.54, 1.807) is 0 Å². The number of nitrogens with zero attached hydrogens (tertiary/aromatic N) is 4. The van der Waals surface area contributed by atoms with Gasteiger partial charge in [-0.25, -0.2) is 4.79 Å². The van der Waals surface area contributed by atoms with E-state index in [0.717, 1.165) is 76.4 Å². The zero-order valence-electron chi connectivity index (χ0n) is 20.6. The summed E-state index contributed by atoms with van der Waals surface area (Å²) in [4.78, 5) is 18.6. The Kier molecular flexibility index (Phi) is 7.56. The van der Waals surface area contributed by atoms with Crippen molar-refractivity contribution in [3.05, 3.63) is 67.6 Å². The van der Waals surface area contributed by atoms with E-state index in [4.69, 9.17) is 27.9 Å². The SMILES string of the molecule is Cc1cccc(C)c1CN1CCC(n2c(=O)n(CCN3CCOCC3)c3cc(Cl)c(Cl)cc32)CC1. The third kappa shape index (κ3) is 5.18. The number of aryl methyl sites for hydroxylation is 2. The molecule has 2 aliphatic rings. The van der Waals surface area contributed by atoms with E-state index in [0.29, 0.717) is 16.6 Å². The van der Waals surface area contributed by atoms with Crippen LogP contribution < -0.4 is 5.69 Å². The van der Waals surface area contributed by atoms with Gasteiger partial charge in [0.2, 0.25) is 0 Å². The van der Waals surface area contributed by atoms with Crippen molar-refractivity contribution in [3.8, 4) is 0 Å². The first-order valence-corrected chi connectivity index (χ1v) is 13.4. The number of piperidine rings is 1. The fourth-order valence-corrected chi connectivity index (χ4v) is 5.88. The first-order chi connectivity index (χ1) is 16.9. The van der Waals surface area contributed by atoms with Crippen LogP contribution in [0.5, 0.6) is 0 Å². The largest absolute Gasteiger partial charge is 0.379 e. The number of aromatic nitrogens is 2. The van der Waals surface area contributed by atoms with Crippen LogP contribution in [0.2, 0.25) is 10.0 Å². The molecule has 2 aromatic carbocycles. The summed E-state index contributed by atoms with van der Waals surface area (Å²) in [5.41, 5.74) is 5.91. The van der Waals surface area contributed by atoms with E-state index in [1.807, 2.05) is 21.3 Å². The summed E-state index contributed by atoms with van der Waals surface area (Å²) >= 11 is 12.8. The Bertz CT molecular complexity index is 1230. The van der Waals surface area contributed by atoms with Crippen molar-refractivity contribution >= 4 is 34.2 Å². The smallest absolute Gasteiger partial charge is 0.329 e. The second kappa shape index (κ2) is 10.7. The average Bonchev–Trinajstić information content (AvgIpc) is 3.11. The molecule has 0 unspecified atom stereocenters. The Morgan fingerprint density at radius 2 is 1.51 bits per heavy atom. The number of hydrogen-bond donors (Lipinski definition) is 0. The first kappa shape index (κ1) is 24.8. The van der Waals surface area contributed by atoms with E-state index < -0.39 is 0 Å². The van der Waals surface area contributed by atoms with Crippen LogP contribution in [0.15, 0.2) is 35.1 Å². The Balaban J connectivity index is 1.37. The van der Waals surface area contributed by atoms with Crippen molar-refractivity contribution in [1.82, 2.24) is 18.9 Å². The zero-order valence-corrected chi connectivity index (χ0v) is 22.1. The molecular weight excluding hydrogens is 483 g/mol. The van der Waals surface area contributed by atoms with Gasteiger partial charge < -0.3 is 4.74 Å². The van der Waals surface area contributed by atoms with Gasteiger partial charge in [-0.3, -0.25) is 18.9 Å². The molecule has 35 heavy (non-hydrogen) atoms. The standard InChI is InChI=1S/C27H34Cl2N4O2/c1-19-4-3-5-20(2)22(19)18-31-8-6-21(7-9-31)33-26-17-24(29)23(28)16-25(26)32(27(33)34)11-10-30-12-14-35-15-13-30/h3-5,16-17,21H,6-15,18H2,1-2H3. The Hall–Kier alpha value is -1.83. The highest BCUT2D eigenvalue weighted by Gasteiger charge is 2.26. The van der Waals surface area contributed by atoms with Crippen molar-refractivity contribution in [1.29, 1.82) is 0 Å². The fraction of sp³-hybridized carbons (Fsp3) is 0.519. The number of fused-ring (bicyclic) bond motifs is 1. The van der Waals surface area contributed by atoms with E-state index in [-0.39, 0.29) is 11.7 Å². The molecule has 2 fully saturated rings. The highest BCUT2D eigenvalue weighted by molar-refractivity contribution is 6.42. The molecular formula is C27H34Cl2N4O2. The van der Waals surface area contributed by atoms with Gasteiger partial charge in [0.15, 0.2) is 0 Å². The number of benzene rings is 2. The van der Waals surface area contributed by atoms with E-state index >= 15 is 0 Å². The molecule has 8 heteroatoms. The second-order valence-electron chi connectivity index (χ2n) is 9.89. The van der Waals surface area contributed by atoms with Crippen molar-refractivity contribution < 1.29 is 4.74 Å². The van der Waals surface area contributed by atoms with Gasteiger partial charge in [-0.05, 0) is 55.5 Å². The van der Waals surface area contributed by atoms with E-state index in [1.165, 1.54) is 16.7 Å². The number of rotatable bonds is 6. The summed E-state index contributed by atoms with van der Waals surface area (Å²) in [6.45, 7) is 12.0. The minimum atomic E-state index is 0.0415. The maximum absolute atomic E-state index is 13.7. The lowest BCUT2D eigenvalue weighted by Gasteiger charge is -2.33. The zero-order chi connectivity index (χ0) is 24.5. The average molecular weight is 518 g/mol. The van der Waals surface area contributed by atoms with Gasteiger partial charge in [0, 0.05) is 51.9 Å². The normalized spacial score (nSPS) is 18.5. The van der Waals surface area contributed by atoms with Crippen molar-refractivity contribution in [2.45, 2.75) is 45.8 Å². The van der Waals surface area contributed by atoms with Crippen LogP contribution in [0.4, 0.5) is 0 Å². The Morgan fingerprint density at radius 1 is 0.886 bits per heavy atom. The van der Waals surface area contributed by atoms with Crippen molar-refractivity contribution in [2.24, 2.45) is 0 Å². The summed E-state index contributed by atoms with van der Waals surface area (Å²) < 4.78 is 9.33. The summed E-state index contributed by atoms with van der Waals surface area (Å²) in [5, 5.41) is 0.977. The molecule has 1 aromatic heterocycles. The van der Waals surface area contributed by atoms with Crippen LogP contribution in [0.25, 0.3) is 11.0 Å². The fourth-order valence-electron chi connectivity index (χ4n) is 5.56. The topological polar surface area (TPSA) is 42.6 Å². The molecule has 5 rings (SSSR count). The lowest BCUT2D eigenvalue weighted by atomic mass is 9.99. The predicted octanol–water partition coefficient (Wildman–Crippen LogP) is 4.90. The number of imidazole rings is 1. The van der Waals surface area contributed by atoms with Crippen LogP contribution in [0.3, 0.4) is 0 Å². The molecule has 0 atom stereocenters. The van der Waals surface area contributed by atoms with Crippen molar-refractivity contribution in [3.63, 3.8) is 0 Å². The predicted molar refractivity (Wildman–Crippen MR) is 143 cm³/mol. The molecule has 0 saturated carbocycles. The van der Waals surface area contributed by atoms with Gasteiger partial charge in [-0.2, -0.15) is 0 Å². The van der Waals surface area contributed by atoms with E-state index in [9.17, 15) is 4.79 Å². The molecule has 0 spiro atoms. The minimum absolute atomic E-state index is 0.0415. The van der Waals surface area contributed by atoms with Crippen molar-refractivity contribution in [2.75, 3.05) is 45.9 Å². The van der Waals surface area contributed by atoms with E-state index in [2.05, 4.69) is 41.8 Å². The monoisotopic (exact) mass is 516 g/mol. The maximum atomic E-state index is 13.7. The van der Waals surface area contributed by atoms with Crippen LogP contribution >= 0.6 is 23.2 Å². The highest BCUT2D eigenvalue weighted by Crippen LogP contribution is 2.32. The Labute approximate surface area is 217 Å². The number of ether oxygens (including phenoxy) is 1. The van der Waals surface area contributed by atoms with Crippen LogP contribution in [0.1, 0.15) is 35.6 Å². The number of hydrogen-bond acceptors (Lipinski definition) is 4. The van der Waals surface area contributed by atoms with Gasteiger partial charge in [-0.15, -0.1) is 0 Å². The molecule has 188 valence electrons. The highest BCUT2D eigenvalue weighted by atomic mass is 35.5. The molecule has 0 radical (unpaired) electrons. The Morgan fingerprint density at radius 3 is 2.17 bits per heavy atom. The maximum Gasteiger partial charge on any atom is 0.329 e. The third-order valence-electron chi connectivity index (χ3n) is 7.70. The van der Waals surface area contributed by atoms with Gasteiger partial charge in [-0.1, -0.05) is 41.4 Å². The van der Waals surface area contributed by atoms with Crippen LogP contribution in [0, 0.1) is 13.8 Å². The molecule has 6 nitrogen and oxygen atoms in total. The first-order valence-electron chi connectivity index (χ1n) is 12.6. The summed E-state index contributed by atoms with van der Waals surface area (Å²) in [6, 6.07) is 10.4. The molecule has 3 aromatic rings.